The fourth-order valence-corrected chi connectivity index (χ4v) is 4.85. The van der Waals surface area contributed by atoms with Gasteiger partial charge in [0.1, 0.15) is 16.1 Å². The smallest absolute Gasteiger partial charge is 0.432 e. The first-order valence-electron chi connectivity index (χ1n) is 8.90. The number of carboxylic acids is 1. The van der Waals surface area contributed by atoms with Gasteiger partial charge in [0, 0.05) is 13.1 Å². The predicted molar refractivity (Wildman–Crippen MR) is 96.2 cm³/mol. The lowest BCUT2D eigenvalue weighted by molar-refractivity contribution is -0.137. The fraction of sp³-hybridized carbons (Fsp3) is 0.500. The molecule has 2 unspecified atom stereocenters. The van der Waals surface area contributed by atoms with Gasteiger partial charge in [-0.2, -0.15) is 26.3 Å². The van der Waals surface area contributed by atoms with Crippen LogP contribution in [0, 0.1) is 0 Å². The SMILES string of the molecule is CC(c1cccc(C(F)(F)F)c1)N1C(C(F)(F)F)=C(C(=O)O)SC1N1CCOCC1. The van der Waals surface area contributed by atoms with Crippen LogP contribution in [0.1, 0.15) is 24.1 Å². The summed E-state index contributed by atoms with van der Waals surface area (Å²) in [6.07, 6.45) is -9.66. The molecule has 3 rings (SSSR count). The van der Waals surface area contributed by atoms with Crippen molar-refractivity contribution in [2.75, 3.05) is 26.3 Å². The molecule has 0 aliphatic carbocycles. The largest absolute Gasteiger partial charge is 0.477 e. The minimum atomic E-state index is -5.00. The van der Waals surface area contributed by atoms with Gasteiger partial charge in [-0.15, -0.1) is 0 Å². The van der Waals surface area contributed by atoms with Crippen LogP contribution in [0.2, 0.25) is 0 Å². The van der Waals surface area contributed by atoms with Crippen molar-refractivity contribution in [3.63, 3.8) is 0 Å². The second kappa shape index (κ2) is 8.31. The van der Waals surface area contributed by atoms with Crippen molar-refractivity contribution in [3.05, 3.63) is 46.0 Å². The number of carbonyl (C=O) groups is 1. The minimum absolute atomic E-state index is 0.00271. The second-order valence-electron chi connectivity index (χ2n) is 6.78. The topological polar surface area (TPSA) is 53.0 Å². The Hall–Kier alpha value is -1.92. The highest BCUT2D eigenvalue weighted by molar-refractivity contribution is 8.04. The van der Waals surface area contributed by atoms with Crippen molar-refractivity contribution in [2.24, 2.45) is 0 Å². The highest BCUT2D eigenvalue weighted by atomic mass is 32.2. The van der Waals surface area contributed by atoms with Gasteiger partial charge in [-0.05, 0) is 24.6 Å². The highest BCUT2D eigenvalue weighted by Crippen LogP contribution is 2.50. The minimum Gasteiger partial charge on any atom is -0.477 e. The first-order chi connectivity index (χ1) is 13.9. The van der Waals surface area contributed by atoms with Crippen LogP contribution < -0.4 is 0 Å². The molecule has 0 spiro atoms. The summed E-state index contributed by atoms with van der Waals surface area (Å²) >= 11 is 0.535. The first kappa shape index (κ1) is 22.8. The third-order valence-corrected chi connectivity index (χ3v) is 6.21. The average molecular weight is 456 g/mol. The lowest BCUT2D eigenvalue weighted by Crippen LogP contribution is -2.50. The zero-order chi connectivity index (χ0) is 22.3. The molecule has 1 saturated heterocycles. The third-order valence-electron chi connectivity index (χ3n) is 4.87. The average Bonchev–Trinajstić information content (AvgIpc) is 3.09. The van der Waals surface area contributed by atoms with Crippen molar-refractivity contribution in [1.82, 2.24) is 9.80 Å². The van der Waals surface area contributed by atoms with Crippen molar-refractivity contribution < 1.29 is 41.0 Å². The number of allylic oxidation sites excluding steroid dienone is 1. The van der Waals surface area contributed by atoms with E-state index in [1.165, 1.54) is 13.0 Å². The number of carboxylic acid groups (broad SMARTS) is 1. The Morgan fingerprint density at radius 1 is 1.17 bits per heavy atom. The Morgan fingerprint density at radius 3 is 2.33 bits per heavy atom. The van der Waals surface area contributed by atoms with Gasteiger partial charge in [0.25, 0.3) is 0 Å². The number of nitrogens with zero attached hydrogens (tertiary/aromatic N) is 2. The molecular formula is C18H18F6N2O3S. The van der Waals surface area contributed by atoms with E-state index in [1.54, 1.807) is 4.90 Å². The normalized spacial score (nSPS) is 22.5. The number of thioether (sulfide) groups is 1. The summed E-state index contributed by atoms with van der Waals surface area (Å²) in [5.41, 5.74) is -3.39. The van der Waals surface area contributed by atoms with Gasteiger partial charge in [0.15, 0.2) is 0 Å². The molecule has 2 aliphatic heterocycles. The number of benzene rings is 1. The Bertz CT molecular complexity index is 836. The fourth-order valence-electron chi connectivity index (χ4n) is 3.44. The maximum Gasteiger partial charge on any atom is 0.432 e. The molecule has 0 saturated carbocycles. The molecule has 0 bridgehead atoms. The van der Waals surface area contributed by atoms with Crippen LogP contribution in [-0.4, -0.2) is 58.9 Å². The number of ether oxygens (including phenoxy) is 1. The van der Waals surface area contributed by atoms with Crippen LogP contribution in [0.15, 0.2) is 34.9 Å². The summed E-state index contributed by atoms with van der Waals surface area (Å²) < 4.78 is 86.2. The predicted octanol–water partition coefficient (Wildman–Crippen LogP) is 4.29. The summed E-state index contributed by atoms with van der Waals surface area (Å²) in [4.78, 5) is 13.2. The van der Waals surface area contributed by atoms with Crippen LogP contribution in [0.4, 0.5) is 26.3 Å². The van der Waals surface area contributed by atoms with E-state index in [0.717, 1.165) is 23.1 Å². The standard InChI is InChI=1S/C18H18F6N2O3S/c1-10(11-3-2-4-12(9-11)17(19,20)21)26-14(18(22,23)24)13(15(27)28)30-16(26)25-5-7-29-8-6-25/h2-4,9-10,16H,5-8H2,1H3,(H,27,28). The number of morpholine rings is 1. The van der Waals surface area contributed by atoms with Gasteiger partial charge in [-0.1, -0.05) is 23.9 Å². The summed E-state index contributed by atoms with van der Waals surface area (Å²) in [5.74, 6) is -1.73. The van der Waals surface area contributed by atoms with E-state index in [1.807, 2.05) is 0 Å². The summed E-state index contributed by atoms with van der Waals surface area (Å²) in [6, 6.07) is 2.88. The number of alkyl halides is 6. The van der Waals surface area contributed by atoms with Crippen LogP contribution in [0.25, 0.3) is 0 Å². The summed E-state index contributed by atoms with van der Waals surface area (Å²) in [6.45, 7) is 2.38. The van der Waals surface area contributed by atoms with Crippen molar-refractivity contribution in [1.29, 1.82) is 0 Å². The molecule has 1 aromatic rings. The molecule has 2 atom stereocenters. The van der Waals surface area contributed by atoms with E-state index >= 15 is 0 Å². The molecule has 5 nitrogen and oxygen atoms in total. The van der Waals surface area contributed by atoms with Crippen molar-refractivity contribution in [2.45, 2.75) is 30.8 Å². The second-order valence-corrected chi connectivity index (χ2v) is 7.85. The van der Waals surface area contributed by atoms with Gasteiger partial charge in [-0.25, -0.2) is 4.79 Å². The Morgan fingerprint density at radius 2 is 1.80 bits per heavy atom. The zero-order valence-electron chi connectivity index (χ0n) is 15.6. The lowest BCUT2D eigenvalue weighted by Gasteiger charge is -2.42. The van der Waals surface area contributed by atoms with E-state index in [0.29, 0.717) is 11.8 Å². The molecule has 30 heavy (non-hydrogen) atoms. The summed E-state index contributed by atoms with van der Waals surface area (Å²) in [5, 5.41) is 9.39. The molecule has 0 amide bonds. The van der Waals surface area contributed by atoms with E-state index in [-0.39, 0.29) is 31.9 Å². The summed E-state index contributed by atoms with van der Waals surface area (Å²) in [7, 11) is 0. The van der Waals surface area contributed by atoms with E-state index in [9.17, 15) is 36.2 Å². The van der Waals surface area contributed by atoms with Crippen LogP contribution >= 0.6 is 11.8 Å². The van der Waals surface area contributed by atoms with E-state index < -0.39 is 46.0 Å². The Kier molecular flexibility index (Phi) is 6.30. The number of halogens is 6. The Labute approximate surface area is 172 Å². The van der Waals surface area contributed by atoms with Gasteiger partial charge in [0.05, 0.1) is 24.8 Å². The number of rotatable bonds is 4. The van der Waals surface area contributed by atoms with Crippen LogP contribution in [-0.2, 0) is 15.7 Å². The number of hydrogen-bond acceptors (Lipinski definition) is 5. The van der Waals surface area contributed by atoms with Gasteiger partial charge >= 0.3 is 18.3 Å². The molecule has 1 N–H and O–H groups in total. The monoisotopic (exact) mass is 456 g/mol. The molecule has 1 aromatic carbocycles. The van der Waals surface area contributed by atoms with E-state index in [2.05, 4.69) is 0 Å². The molecule has 0 aromatic heterocycles. The maximum atomic E-state index is 13.9. The molecule has 166 valence electrons. The molecule has 2 aliphatic rings. The third kappa shape index (κ3) is 4.54. The van der Waals surface area contributed by atoms with Gasteiger partial charge < -0.3 is 14.7 Å². The molecular weight excluding hydrogens is 438 g/mol. The maximum absolute atomic E-state index is 13.9. The number of aliphatic carboxylic acids is 1. The van der Waals surface area contributed by atoms with Crippen LogP contribution in [0.5, 0.6) is 0 Å². The van der Waals surface area contributed by atoms with E-state index in [4.69, 9.17) is 4.74 Å². The molecule has 12 heteroatoms. The number of hydrogen-bond donors (Lipinski definition) is 1. The Balaban J connectivity index is 2.08. The van der Waals surface area contributed by atoms with Crippen molar-refractivity contribution >= 4 is 17.7 Å². The van der Waals surface area contributed by atoms with Gasteiger partial charge in [-0.3, -0.25) is 4.90 Å². The molecule has 2 heterocycles. The molecule has 0 radical (unpaired) electrons. The highest BCUT2D eigenvalue weighted by Gasteiger charge is 2.52. The first-order valence-corrected chi connectivity index (χ1v) is 9.78. The molecule has 1 fully saturated rings. The van der Waals surface area contributed by atoms with Crippen molar-refractivity contribution in [3.8, 4) is 0 Å². The van der Waals surface area contributed by atoms with Gasteiger partial charge in [0.2, 0.25) is 0 Å². The zero-order valence-corrected chi connectivity index (χ0v) is 16.4. The lowest BCUT2D eigenvalue weighted by atomic mass is 10.0. The quantitative estimate of drug-likeness (QED) is 0.683. The van der Waals surface area contributed by atoms with Crippen LogP contribution in [0.3, 0.4) is 0 Å².